The summed E-state index contributed by atoms with van der Waals surface area (Å²) in [4.78, 5) is 0. The highest BCUT2D eigenvalue weighted by Crippen LogP contribution is 2.50. The lowest BCUT2D eigenvalue weighted by Crippen LogP contribution is -1.98. The van der Waals surface area contributed by atoms with Crippen LogP contribution >= 0.6 is 0 Å². The maximum Gasteiger partial charge on any atom is -0.00143 e. The zero-order valence-electron chi connectivity index (χ0n) is 20.9. The van der Waals surface area contributed by atoms with Gasteiger partial charge in [-0.05, 0) is 68.6 Å². The van der Waals surface area contributed by atoms with Gasteiger partial charge in [-0.25, -0.2) is 0 Å². The number of hydrogen-bond donors (Lipinski definition) is 0. The number of aryl methyl sites for hydroxylation is 1. The van der Waals surface area contributed by atoms with Gasteiger partial charge in [-0.1, -0.05) is 151 Å². The number of rotatable bonds is 5. The quantitative estimate of drug-likeness (QED) is 0.234. The highest BCUT2D eigenvalue weighted by molar-refractivity contribution is 6.07. The van der Waals surface area contributed by atoms with Gasteiger partial charge in [-0.3, -0.25) is 0 Å². The summed E-state index contributed by atoms with van der Waals surface area (Å²) in [6, 6.07) is 54.6. The standard InChI is InChI=1S/C37H28/c1-27-15-14-24-32(25-27)34-26-33(28-16-6-2-7-17-28)35(29-18-8-3-9-19-29)37(31-22-12-5-13-23-31)36(34)30-20-10-4-11-21-30/h2-26H,1H3. The predicted octanol–water partition coefficient (Wildman–Crippen LogP) is 10.3. The Morgan fingerprint density at radius 3 is 1.14 bits per heavy atom. The molecule has 0 heterocycles. The third kappa shape index (κ3) is 4.50. The average molecular weight is 473 g/mol. The van der Waals surface area contributed by atoms with Crippen LogP contribution in [0.4, 0.5) is 0 Å². The normalized spacial score (nSPS) is 10.8. The molecule has 176 valence electrons. The van der Waals surface area contributed by atoms with Crippen LogP contribution in [0.15, 0.2) is 152 Å². The zero-order valence-corrected chi connectivity index (χ0v) is 20.9. The van der Waals surface area contributed by atoms with Crippen molar-refractivity contribution in [2.75, 3.05) is 0 Å². The number of benzene rings is 6. The largest absolute Gasteiger partial charge is 0.0622 e. The molecule has 0 unspecified atom stereocenters. The van der Waals surface area contributed by atoms with Gasteiger partial charge in [0.05, 0.1) is 0 Å². The Hall–Kier alpha value is -4.68. The van der Waals surface area contributed by atoms with Crippen LogP contribution in [0.2, 0.25) is 0 Å². The molecule has 6 aromatic rings. The topological polar surface area (TPSA) is 0 Å². The molecule has 0 bridgehead atoms. The minimum absolute atomic E-state index is 1.21. The van der Waals surface area contributed by atoms with E-state index < -0.39 is 0 Å². The third-order valence-electron chi connectivity index (χ3n) is 6.93. The summed E-state index contributed by atoms with van der Waals surface area (Å²) in [7, 11) is 0. The summed E-state index contributed by atoms with van der Waals surface area (Å²) >= 11 is 0. The molecule has 0 atom stereocenters. The second-order valence-electron chi connectivity index (χ2n) is 9.43. The number of hydrogen-bond acceptors (Lipinski definition) is 0. The van der Waals surface area contributed by atoms with Crippen LogP contribution in [-0.2, 0) is 0 Å². The molecule has 37 heavy (non-hydrogen) atoms. The molecule has 0 heteroatoms. The van der Waals surface area contributed by atoms with E-state index in [1.54, 1.807) is 0 Å². The van der Waals surface area contributed by atoms with E-state index >= 15 is 0 Å². The fourth-order valence-corrected chi connectivity index (χ4v) is 5.27. The molecule has 0 aliphatic rings. The van der Waals surface area contributed by atoms with E-state index in [4.69, 9.17) is 0 Å². The Morgan fingerprint density at radius 1 is 0.297 bits per heavy atom. The molecule has 6 rings (SSSR count). The van der Waals surface area contributed by atoms with E-state index in [0.29, 0.717) is 0 Å². The van der Waals surface area contributed by atoms with Crippen molar-refractivity contribution in [1.82, 2.24) is 0 Å². The summed E-state index contributed by atoms with van der Waals surface area (Å²) in [6.45, 7) is 2.17. The van der Waals surface area contributed by atoms with Crippen molar-refractivity contribution in [2.45, 2.75) is 6.92 Å². The summed E-state index contributed by atoms with van der Waals surface area (Å²) in [5, 5.41) is 0. The van der Waals surface area contributed by atoms with Gasteiger partial charge in [-0.15, -0.1) is 0 Å². The smallest absolute Gasteiger partial charge is 0.00143 e. The van der Waals surface area contributed by atoms with E-state index in [1.165, 1.54) is 61.2 Å². The molecule has 0 N–H and O–H groups in total. The van der Waals surface area contributed by atoms with Crippen LogP contribution in [0.3, 0.4) is 0 Å². The molecule has 0 fully saturated rings. The van der Waals surface area contributed by atoms with Crippen molar-refractivity contribution in [1.29, 1.82) is 0 Å². The molecule has 0 saturated carbocycles. The molecule has 0 amide bonds. The molecule has 0 spiro atoms. The average Bonchev–Trinajstić information content (AvgIpc) is 2.98. The van der Waals surface area contributed by atoms with Crippen molar-refractivity contribution in [3.05, 3.63) is 157 Å². The Kier molecular flexibility index (Phi) is 6.23. The fourth-order valence-electron chi connectivity index (χ4n) is 5.27. The molecule has 0 aliphatic carbocycles. The van der Waals surface area contributed by atoms with E-state index in [-0.39, 0.29) is 0 Å². The lowest BCUT2D eigenvalue weighted by atomic mass is 9.79. The molecule has 6 aromatic carbocycles. The van der Waals surface area contributed by atoms with Gasteiger partial charge in [0.2, 0.25) is 0 Å². The molecule has 0 nitrogen and oxygen atoms in total. The summed E-state index contributed by atoms with van der Waals surface area (Å²) in [6.07, 6.45) is 0. The summed E-state index contributed by atoms with van der Waals surface area (Å²) < 4.78 is 0. The van der Waals surface area contributed by atoms with Crippen molar-refractivity contribution in [3.8, 4) is 55.6 Å². The Morgan fingerprint density at radius 2 is 0.676 bits per heavy atom. The lowest BCUT2D eigenvalue weighted by molar-refractivity contribution is 1.46. The molecule has 0 saturated heterocycles. The van der Waals surface area contributed by atoms with Crippen LogP contribution in [-0.4, -0.2) is 0 Å². The van der Waals surface area contributed by atoms with E-state index in [9.17, 15) is 0 Å². The van der Waals surface area contributed by atoms with Crippen LogP contribution in [0.5, 0.6) is 0 Å². The van der Waals surface area contributed by atoms with Crippen LogP contribution in [0.1, 0.15) is 5.56 Å². The van der Waals surface area contributed by atoms with Crippen molar-refractivity contribution >= 4 is 0 Å². The first kappa shape index (κ1) is 22.8. The van der Waals surface area contributed by atoms with Gasteiger partial charge < -0.3 is 0 Å². The maximum atomic E-state index is 2.40. The molecular weight excluding hydrogens is 444 g/mol. The minimum Gasteiger partial charge on any atom is -0.0622 e. The van der Waals surface area contributed by atoms with E-state index in [2.05, 4.69) is 159 Å². The highest BCUT2D eigenvalue weighted by atomic mass is 14.3. The van der Waals surface area contributed by atoms with Gasteiger partial charge in [0, 0.05) is 0 Å². The second-order valence-corrected chi connectivity index (χ2v) is 9.43. The van der Waals surface area contributed by atoms with Crippen LogP contribution < -0.4 is 0 Å². The van der Waals surface area contributed by atoms with E-state index in [1.807, 2.05) is 0 Å². The monoisotopic (exact) mass is 472 g/mol. The molecule has 0 aliphatic heterocycles. The maximum absolute atomic E-state index is 2.40. The van der Waals surface area contributed by atoms with Crippen molar-refractivity contribution < 1.29 is 0 Å². The fraction of sp³-hybridized carbons (Fsp3) is 0.0270. The summed E-state index contributed by atoms with van der Waals surface area (Å²) in [5.74, 6) is 0. The van der Waals surface area contributed by atoms with Crippen molar-refractivity contribution in [3.63, 3.8) is 0 Å². The molecule has 0 radical (unpaired) electrons. The zero-order chi connectivity index (χ0) is 25.0. The lowest BCUT2D eigenvalue weighted by Gasteiger charge is -2.24. The summed E-state index contributed by atoms with van der Waals surface area (Å²) in [5.41, 5.74) is 13.6. The van der Waals surface area contributed by atoms with E-state index in [0.717, 1.165) is 0 Å². The Bertz CT molecular complexity index is 1630. The van der Waals surface area contributed by atoms with Gasteiger partial charge in [0.15, 0.2) is 0 Å². The van der Waals surface area contributed by atoms with Gasteiger partial charge in [-0.2, -0.15) is 0 Å². The van der Waals surface area contributed by atoms with Crippen LogP contribution in [0, 0.1) is 6.92 Å². The Labute approximate surface area is 219 Å². The Balaban J connectivity index is 1.85. The van der Waals surface area contributed by atoms with Crippen molar-refractivity contribution in [2.24, 2.45) is 0 Å². The van der Waals surface area contributed by atoms with Gasteiger partial charge >= 0.3 is 0 Å². The molecular formula is C37H28. The SMILES string of the molecule is Cc1cccc(-c2cc(-c3ccccc3)c(-c3ccccc3)c(-c3ccccc3)c2-c2ccccc2)c1. The first-order valence-electron chi connectivity index (χ1n) is 12.8. The second kappa shape index (κ2) is 10.1. The first-order chi connectivity index (χ1) is 18.3. The minimum atomic E-state index is 1.21. The van der Waals surface area contributed by atoms with Gasteiger partial charge in [0.1, 0.15) is 0 Å². The third-order valence-corrected chi connectivity index (χ3v) is 6.93. The molecule has 0 aromatic heterocycles. The predicted molar refractivity (Wildman–Crippen MR) is 158 cm³/mol. The van der Waals surface area contributed by atoms with Gasteiger partial charge in [0.25, 0.3) is 0 Å². The highest BCUT2D eigenvalue weighted by Gasteiger charge is 2.23. The van der Waals surface area contributed by atoms with Crippen LogP contribution in [0.25, 0.3) is 55.6 Å². The first-order valence-corrected chi connectivity index (χ1v) is 12.8.